The Balaban J connectivity index is 1.95. The number of aliphatic carboxylic acids is 1. The summed E-state index contributed by atoms with van der Waals surface area (Å²) in [5.74, 6) is -2.44. The van der Waals surface area contributed by atoms with Crippen molar-refractivity contribution in [1.29, 1.82) is 0 Å². The molecule has 2 amide bonds. The molecule has 12 heteroatoms. The monoisotopic (exact) mass is 343 g/mol. The molecule has 0 bridgehead atoms. The van der Waals surface area contributed by atoms with Gasteiger partial charge in [0.1, 0.15) is 18.8 Å². The summed E-state index contributed by atoms with van der Waals surface area (Å²) in [6.07, 6.45) is 0. The molecule has 0 spiro atoms. The molecule has 124 valence electrons. The van der Waals surface area contributed by atoms with E-state index in [4.69, 9.17) is 15.7 Å². The van der Waals surface area contributed by atoms with Crippen molar-refractivity contribution in [2.75, 3.05) is 26.0 Å². The van der Waals surface area contributed by atoms with E-state index in [1.165, 1.54) is 12.5 Å². The number of hydroxylamine groups is 2. The summed E-state index contributed by atoms with van der Waals surface area (Å²) in [7, 11) is 1.26. The Kier molecular flexibility index (Phi) is 5.08. The number of thiazole rings is 1. The summed E-state index contributed by atoms with van der Waals surface area (Å²) in [5, 5.41) is 17.1. The lowest BCUT2D eigenvalue weighted by Gasteiger charge is -2.36. The molecule has 2 rings (SSSR count). The first-order chi connectivity index (χ1) is 10.9. The molecule has 0 unspecified atom stereocenters. The van der Waals surface area contributed by atoms with Gasteiger partial charge in [-0.15, -0.1) is 11.3 Å². The summed E-state index contributed by atoms with van der Waals surface area (Å²) >= 11 is 1.12. The first kappa shape index (κ1) is 16.6. The number of aromatic nitrogens is 1. The minimum absolute atomic E-state index is 0.0251. The summed E-state index contributed by atoms with van der Waals surface area (Å²) in [6, 6.07) is -0.839. The molecule has 11 nitrogen and oxygen atoms in total. The molecule has 0 aliphatic carbocycles. The summed E-state index contributed by atoms with van der Waals surface area (Å²) in [5.41, 5.74) is 5.60. The Morgan fingerprint density at radius 3 is 2.91 bits per heavy atom. The van der Waals surface area contributed by atoms with Crippen LogP contribution < -0.4 is 11.1 Å². The third-order valence-corrected chi connectivity index (χ3v) is 3.38. The van der Waals surface area contributed by atoms with Crippen molar-refractivity contribution in [3.05, 3.63) is 11.1 Å². The van der Waals surface area contributed by atoms with Crippen molar-refractivity contribution in [2.45, 2.75) is 6.04 Å². The van der Waals surface area contributed by atoms with Crippen LogP contribution in [-0.4, -0.2) is 65.0 Å². The predicted molar refractivity (Wildman–Crippen MR) is 77.3 cm³/mol. The van der Waals surface area contributed by atoms with Gasteiger partial charge in [-0.3, -0.25) is 14.4 Å². The highest BCUT2D eigenvalue weighted by atomic mass is 32.1. The highest BCUT2D eigenvalue weighted by molar-refractivity contribution is 7.13. The Hall–Kier alpha value is -2.73. The fourth-order valence-corrected chi connectivity index (χ4v) is 2.22. The van der Waals surface area contributed by atoms with Crippen LogP contribution in [-0.2, 0) is 24.1 Å². The molecule has 1 aromatic heterocycles. The number of oxime groups is 1. The molecule has 1 atom stereocenters. The molecule has 1 aliphatic heterocycles. The molecule has 4 N–H and O–H groups in total. The number of β-lactam (4-membered cyclic amide) rings is 1. The first-order valence-corrected chi connectivity index (χ1v) is 7.09. The molecule has 1 aliphatic rings. The number of nitrogens with two attached hydrogens (primary N) is 1. The third-order valence-electron chi connectivity index (χ3n) is 2.70. The van der Waals surface area contributed by atoms with Gasteiger partial charge in [-0.05, 0) is 0 Å². The van der Waals surface area contributed by atoms with E-state index in [1.807, 2.05) is 0 Å². The number of hydrogen-bond acceptors (Lipinski definition) is 9. The number of hydrogen-bond donors (Lipinski definition) is 3. The van der Waals surface area contributed by atoms with Gasteiger partial charge in [-0.1, -0.05) is 5.16 Å². The second-order valence-corrected chi connectivity index (χ2v) is 5.18. The zero-order valence-corrected chi connectivity index (χ0v) is 12.7. The van der Waals surface area contributed by atoms with E-state index in [2.05, 4.69) is 20.3 Å². The molecule has 0 saturated carbocycles. The lowest BCUT2D eigenvalue weighted by molar-refractivity contribution is -0.216. The number of carboxylic acid groups (broad SMARTS) is 1. The zero-order chi connectivity index (χ0) is 17.0. The van der Waals surface area contributed by atoms with E-state index in [-0.39, 0.29) is 23.1 Å². The molecule has 1 fully saturated rings. The molecule has 0 aromatic carbocycles. The molecular formula is C11H13N5O6S. The van der Waals surface area contributed by atoms with Gasteiger partial charge < -0.3 is 21.0 Å². The van der Waals surface area contributed by atoms with Gasteiger partial charge >= 0.3 is 5.97 Å². The highest BCUT2D eigenvalue weighted by Crippen LogP contribution is 2.14. The lowest BCUT2D eigenvalue weighted by Crippen LogP contribution is -2.64. The Bertz CT molecular complexity index is 659. The molecule has 2 heterocycles. The van der Waals surface area contributed by atoms with Gasteiger partial charge in [-0.2, -0.15) is 0 Å². The summed E-state index contributed by atoms with van der Waals surface area (Å²) < 4.78 is 0. The second-order valence-electron chi connectivity index (χ2n) is 4.29. The van der Waals surface area contributed by atoms with Gasteiger partial charge in [0.05, 0.1) is 6.54 Å². The maximum absolute atomic E-state index is 12.2. The van der Waals surface area contributed by atoms with E-state index in [0.29, 0.717) is 0 Å². The zero-order valence-electron chi connectivity index (χ0n) is 11.9. The van der Waals surface area contributed by atoms with E-state index in [1.54, 1.807) is 0 Å². The molecular weight excluding hydrogens is 330 g/mol. The molecule has 1 saturated heterocycles. The van der Waals surface area contributed by atoms with E-state index < -0.39 is 30.4 Å². The van der Waals surface area contributed by atoms with Crippen LogP contribution in [0.25, 0.3) is 0 Å². The number of amides is 2. The van der Waals surface area contributed by atoms with Gasteiger partial charge in [0.15, 0.2) is 17.5 Å². The van der Waals surface area contributed by atoms with Crippen molar-refractivity contribution in [2.24, 2.45) is 5.16 Å². The number of nitrogen functional groups attached to an aromatic ring is 1. The highest BCUT2D eigenvalue weighted by Gasteiger charge is 2.40. The minimum Gasteiger partial charge on any atom is -0.479 e. The van der Waals surface area contributed by atoms with Gasteiger partial charge in [0, 0.05) is 5.38 Å². The fraction of sp³-hybridized carbons (Fsp3) is 0.364. The Labute approximate surface area is 133 Å². The van der Waals surface area contributed by atoms with E-state index in [0.717, 1.165) is 16.4 Å². The molecule has 23 heavy (non-hydrogen) atoms. The van der Waals surface area contributed by atoms with Gasteiger partial charge in [-0.25, -0.2) is 14.8 Å². The van der Waals surface area contributed by atoms with E-state index >= 15 is 0 Å². The van der Waals surface area contributed by atoms with Crippen LogP contribution >= 0.6 is 11.3 Å². The number of nitrogens with one attached hydrogen (secondary N) is 1. The predicted octanol–water partition coefficient (Wildman–Crippen LogP) is -1.58. The van der Waals surface area contributed by atoms with Crippen molar-refractivity contribution in [3.8, 4) is 0 Å². The van der Waals surface area contributed by atoms with Crippen molar-refractivity contribution >= 4 is 40.0 Å². The Morgan fingerprint density at radius 2 is 2.39 bits per heavy atom. The van der Waals surface area contributed by atoms with Crippen molar-refractivity contribution in [1.82, 2.24) is 15.4 Å². The number of carboxylic acids is 1. The van der Waals surface area contributed by atoms with E-state index in [9.17, 15) is 14.4 Å². The number of anilines is 1. The van der Waals surface area contributed by atoms with Crippen LogP contribution in [0, 0.1) is 0 Å². The molecule has 0 radical (unpaired) electrons. The van der Waals surface area contributed by atoms with Gasteiger partial charge in [0.25, 0.3) is 11.8 Å². The first-order valence-electron chi connectivity index (χ1n) is 6.22. The quantitative estimate of drug-likeness (QED) is 0.304. The number of carbonyl (C=O) groups is 3. The third kappa shape index (κ3) is 3.92. The largest absolute Gasteiger partial charge is 0.479 e. The van der Waals surface area contributed by atoms with Gasteiger partial charge in [0.2, 0.25) is 0 Å². The van der Waals surface area contributed by atoms with Crippen LogP contribution in [0.5, 0.6) is 0 Å². The average Bonchev–Trinajstić information content (AvgIpc) is 2.92. The normalized spacial score (nSPS) is 17.6. The fourth-order valence-electron chi connectivity index (χ4n) is 1.67. The van der Waals surface area contributed by atoms with Crippen molar-refractivity contribution in [3.63, 3.8) is 0 Å². The topological polar surface area (TPSA) is 156 Å². The lowest BCUT2D eigenvalue weighted by atomic mass is 10.1. The SMILES string of the molecule is CO/N=C(\C(=O)N[C@H]1CN(OCC(=O)O)C1=O)c1csc(N)n1. The van der Waals surface area contributed by atoms with Crippen molar-refractivity contribution < 1.29 is 29.2 Å². The van der Waals surface area contributed by atoms with Crippen LogP contribution in [0.4, 0.5) is 5.13 Å². The number of rotatable bonds is 7. The minimum atomic E-state index is -1.21. The summed E-state index contributed by atoms with van der Waals surface area (Å²) in [4.78, 5) is 47.5. The maximum Gasteiger partial charge on any atom is 0.332 e. The van der Waals surface area contributed by atoms with Crippen LogP contribution in [0.1, 0.15) is 5.69 Å². The van der Waals surface area contributed by atoms with Crippen LogP contribution in [0.15, 0.2) is 10.5 Å². The second kappa shape index (κ2) is 7.02. The Morgan fingerprint density at radius 1 is 1.65 bits per heavy atom. The summed E-state index contributed by atoms with van der Waals surface area (Å²) in [6.45, 7) is -0.613. The maximum atomic E-state index is 12.2. The standard InChI is InChI=1S/C11H13N5O6S/c1-21-15-8(6-4-23-11(12)14-6)9(19)13-5-2-16(10(5)20)22-3-7(17)18/h4-5H,2-3H2,1H3,(H2,12,14)(H,13,19)(H,17,18)/b15-8-/t5-/m0/s1. The van der Waals surface area contributed by atoms with Crippen LogP contribution in [0.2, 0.25) is 0 Å². The van der Waals surface area contributed by atoms with Crippen LogP contribution in [0.3, 0.4) is 0 Å². The molecule has 1 aromatic rings. The number of nitrogens with zero attached hydrogens (tertiary/aromatic N) is 3. The average molecular weight is 343 g/mol. The smallest absolute Gasteiger partial charge is 0.332 e. The number of carbonyl (C=O) groups excluding carboxylic acids is 2.